The van der Waals surface area contributed by atoms with Gasteiger partial charge in [0, 0.05) is 107 Å². The van der Waals surface area contributed by atoms with Crippen molar-refractivity contribution in [3.05, 3.63) is 153 Å². The van der Waals surface area contributed by atoms with Crippen molar-refractivity contribution in [1.82, 2.24) is 29.7 Å². The Labute approximate surface area is 443 Å². The molecule has 6 atom stereocenters. The minimum Gasteiger partial charge on any atom is -0.378 e. The Hall–Kier alpha value is -7.31. The van der Waals surface area contributed by atoms with Crippen LogP contribution in [0.5, 0.6) is 0 Å². The first-order chi connectivity index (χ1) is 36.2. The first-order valence-electron chi connectivity index (χ1n) is 23.1. The molecule has 2 amide bonds. The molecular weight excluding hydrogens is 1030 g/mol. The van der Waals surface area contributed by atoms with Gasteiger partial charge >= 0.3 is 0 Å². The zero-order valence-corrected chi connectivity index (χ0v) is 42.2. The number of carbonyl (C=O) groups excluding carboxylic acids is 2. The zero-order valence-electron chi connectivity index (χ0n) is 39.8. The van der Waals surface area contributed by atoms with Gasteiger partial charge in [0.1, 0.15) is 36.1 Å². The lowest BCUT2D eigenvalue weighted by Crippen LogP contribution is -2.41. The van der Waals surface area contributed by atoms with Gasteiger partial charge in [0.05, 0.1) is 39.6 Å². The fourth-order valence-electron chi connectivity index (χ4n) is 9.22. The normalized spacial score (nSPS) is 26.1. The highest BCUT2D eigenvalue weighted by Crippen LogP contribution is 2.68. The van der Waals surface area contributed by atoms with Crippen LogP contribution in [0.1, 0.15) is 40.9 Å². The Kier molecular flexibility index (Phi) is 16.6. The summed E-state index contributed by atoms with van der Waals surface area (Å²) in [5, 5.41) is 0.479. The first kappa shape index (κ1) is 54.0. The second-order valence-electron chi connectivity index (χ2n) is 17.7. The maximum Gasteiger partial charge on any atom is 0.246 e. The van der Waals surface area contributed by atoms with Crippen molar-refractivity contribution in [3.8, 4) is 24.2 Å². The molecule has 6 aliphatic rings. The second-order valence-corrected chi connectivity index (χ2v) is 20.8. The maximum atomic E-state index is 15.2. The summed E-state index contributed by atoms with van der Waals surface area (Å²) in [6, 6.07) is 8.36. The van der Waals surface area contributed by atoms with Crippen molar-refractivity contribution >= 4 is 68.6 Å². The van der Waals surface area contributed by atoms with Gasteiger partial charge in [-0.3, -0.25) is 9.59 Å². The highest BCUT2D eigenvalue weighted by atomic mass is 35.5. The molecule has 10 rings (SSSR count). The van der Waals surface area contributed by atoms with E-state index in [-0.39, 0.29) is 50.3 Å². The monoisotopic (exact) mass is 1080 g/mol. The number of nitrogens with zero attached hydrogens (tertiary/aromatic N) is 10. The molecule has 0 bridgehead atoms. The third-order valence-corrected chi connectivity index (χ3v) is 15.9. The number of thioether (sulfide) groups is 2. The molecule has 4 aliphatic heterocycles. The van der Waals surface area contributed by atoms with Crippen LogP contribution in [-0.2, 0) is 30.1 Å². The van der Waals surface area contributed by atoms with Crippen molar-refractivity contribution in [2.75, 3.05) is 66.0 Å². The Morgan fingerprint density at radius 3 is 1.59 bits per heavy atom. The van der Waals surface area contributed by atoms with Gasteiger partial charge in [0.15, 0.2) is 10.3 Å². The fraction of sp³-hybridized carbons (Fsp3) is 0.346. The van der Waals surface area contributed by atoms with E-state index in [0.29, 0.717) is 87.9 Å². The number of hydrogen-bond acceptors (Lipinski definition) is 14. The molecule has 2 saturated heterocycles. The molecule has 2 aliphatic carbocycles. The summed E-state index contributed by atoms with van der Waals surface area (Å²) >= 11 is 7.91. The van der Waals surface area contributed by atoms with Crippen molar-refractivity contribution in [3.63, 3.8) is 0 Å². The number of rotatable bonds is 8. The number of nitrogens with two attached hydrogens (primary N) is 2. The van der Waals surface area contributed by atoms with Gasteiger partial charge in [0.2, 0.25) is 34.3 Å². The van der Waals surface area contributed by atoms with Crippen LogP contribution >= 0.6 is 35.1 Å². The number of fused-ring (bicyclic) bond motifs is 2. The van der Waals surface area contributed by atoms with Gasteiger partial charge in [-0.2, -0.15) is 0 Å². The highest BCUT2D eigenvalue weighted by Gasteiger charge is 2.68. The van der Waals surface area contributed by atoms with E-state index < -0.39 is 51.5 Å². The summed E-state index contributed by atoms with van der Waals surface area (Å²) in [7, 11) is 0. The van der Waals surface area contributed by atoms with E-state index in [1.807, 2.05) is 0 Å². The van der Waals surface area contributed by atoms with Gasteiger partial charge < -0.3 is 30.7 Å². The van der Waals surface area contributed by atoms with Crippen LogP contribution in [-0.4, -0.2) is 127 Å². The van der Waals surface area contributed by atoms with E-state index in [1.54, 1.807) is 22.0 Å². The molecule has 0 radical (unpaired) electrons. The van der Waals surface area contributed by atoms with Crippen LogP contribution in [0, 0.1) is 60.8 Å². The highest BCUT2D eigenvalue weighted by molar-refractivity contribution is 8.15. The minimum atomic E-state index is -1.53. The number of amides is 2. The molecule has 4 fully saturated rings. The van der Waals surface area contributed by atoms with E-state index in [1.165, 1.54) is 96.9 Å². The molecule has 4 N–H and O–H groups in total. The van der Waals surface area contributed by atoms with Crippen molar-refractivity contribution in [2.24, 2.45) is 33.3 Å². The summed E-state index contributed by atoms with van der Waals surface area (Å²) in [5.74, 6) is 6.13. The summed E-state index contributed by atoms with van der Waals surface area (Å²) in [4.78, 5) is 58.8. The lowest BCUT2D eigenvalue weighted by atomic mass is 9.84. The van der Waals surface area contributed by atoms with E-state index in [9.17, 15) is 22.8 Å². The number of alkyl halides is 2. The summed E-state index contributed by atoms with van der Waals surface area (Å²) in [5.41, 5.74) is 10.9. The van der Waals surface area contributed by atoms with Crippen molar-refractivity contribution < 1.29 is 36.6 Å². The predicted molar refractivity (Wildman–Crippen MR) is 277 cm³/mol. The molecule has 2 aromatic carbocycles. The van der Waals surface area contributed by atoms with Gasteiger partial charge in [-0.1, -0.05) is 47.5 Å². The molecule has 2 saturated carbocycles. The molecule has 16 nitrogen and oxygen atoms in total. The van der Waals surface area contributed by atoms with Crippen LogP contribution in [0.25, 0.3) is 9.69 Å². The Balaban J connectivity index is 0.000000174. The van der Waals surface area contributed by atoms with Crippen molar-refractivity contribution in [2.45, 2.75) is 33.4 Å². The van der Waals surface area contributed by atoms with Gasteiger partial charge in [-0.25, -0.2) is 57.2 Å². The number of morpholine rings is 2. The smallest absolute Gasteiger partial charge is 0.246 e. The van der Waals surface area contributed by atoms with Crippen LogP contribution in [0.15, 0.2) is 95.5 Å². The lowest BCUT2D eigenvalue weighted by Gasteiger charge is -2.34. The topological polar surface area (TPSA) is 196 Å². The molecule has 2 aromatic heterocycles. The molecular formula is C52H45ClF4N12O4S2. The zero-order chi connectivity index (χ0) is 53.4. The molecule has 23 heteroatoms. The average Bonchev–Trinajstić information content (AvgIpc) is 4.39. The van der Waals surface area contributed by atoms with Gasteiger partial charge in [-0.05, 0) is 66.8 Å². The predicted octanol–water partition coefficient (Wildman–Crippen LogP) is 6.85. The van der Waals surface area contributed by atoms with Gasteiger partial charge in [0.25, 0.3) is 0 Å². The van der Waals surface area contributed by atoms with E-state index in [4.69, 9.17) is 52.1 Å². The van der Waals surface area contributed by atoms with Crippen LogP contribution in [0.4, 0.5) is 28.9 Å². The standard InChI is InChI=1S/C26H22F2N6O2S.C21H21F2N3O2S.C5H2ClN3/c1-30-18-14-31-22(32-15-18)5-3-17-2-4-20(28)19(12-17)26(16-27)21-13-25(21,37-24(29)33-26)7-6-23(35)34-8-10-36-11-9-34;1-2-14-3-4-16(23)15(11-14)21(13-22)17-12-20(17,29-19(24)25-21)6-5-18(27)26-7-9-28-10-8-26;1-7-4-2-8-5(6)9-3-4/h2,4,6-7,12,14-15,21H,8-11,13,16H2,(H2,29,33);1,3-6,11,17H,7-10,12-13H2,(H2,24,25);2-3H/b7-6+;6-5+;/t21-,25+,26-;17-,20+,21-;/m11./s1. The Morgan fingerprint density at radius 2 is 1.16 bits per heavy atom. The average molecular weight is 1080 g/mol. The van der Waals surface area contributed by atoms with E-state index in [2.05, 4.69) is 57.4 Å². The molecule has 6 heterocycles. The second kappa shape index (κ2) is 23.1. The summed E-state index contributed by atoms with van der Waals surface area (Å²) in [6.45, 7) is 15.7. The number of benzene rings is 2. The third-order valence-electron chi connectivity index (χ3n) is 13.2. The van der Waals surface area contributed by atoms with E-state index in [0.717, 1.165) is 0 Å². The Morgan fingerprint density at radius 1 is 0.733 bits per heavy atom. The van der Waals surface area contributed by atoms with Crippen LogP contribution < -0.4 is 11.5 Å². The maximum absolute atomic E-state index is 15.2. The summed E-state index contributed by atoms with van der Waals surface area (Å²) in [6.07, 6.45) is 18.5. The summed E-state index contributed by atoms with van der Waals surface area (Å²) < 4.78 is 68.4. The first-order valence-corrected chi connectivity index (χ1v) is 25.1. The number of aliphatic imine (C=N–C) groups is 2. The third kappa shape index (κ3) is 11.8. The fourth-order valence-corrected chi connectivity index (χ4v) is 12.0. The minimum absolute atomic E-state index is 0.0640. The number of hydrogen-bond donors (Lipinski definition) is 2. The number of carbonyl (C=O) groups is 2. The van der Waals surface area contributed by atoms with Crippen LogP contribution in [0.3, 0.4) is 0 Å². The molecule has 384 valence electrons. The number of aromatic nitrogens is 4. The van der Waals surface area contributed by atoms with Crippen molar-refractivity contribution in [1.29, 1.82) is 0 Å². The number of terminal acetylenes is 1. The SMILES string of the molecule is C#Cc1ccc(F)c([C@@]2(CF)N=C(N)S[C@@]3(/C=C/C(=O)N4CCOCC4)C[C@H]32)c1.[C-]#[N+]c1cnc(C#Cc2ccc(F)c([C@@]3(CF)N=C(N)S[C@@]4(/C=C/C(=O)N5CCOCC5)C[C@H]43)c2)nc1.[C-]#[N+]c1cnc(Cl)nc1. The molecule has 0 unspecified atom stereocenters. The number of halogens is 5. The number of amidine groups is 2. The largest absolute Gasteiger partial charge is 0.378 e. The number of ether oxygens (including phenoxy) is 2. The quantitative estimate of drug-likeness (QED) is 0.0613. The van der Waals surface area contributed by atoms with E-state index >= 15 is 4.39 Å². The van der Waals surface area contributed by atoms with Crippen LogP contribution in [0.2, 0.25) is 5.28 Å². The lowest BCUT2D eigenvalue weighted by molar-refractivity contribution is -0.130. The Bertz CT molecular complexity index is 3160. The van der Waals surface area contributed by atoms with Gasteiger partial charge in [-0.15, -0.1) is 6.42 Å². The molecule has 4 aromatic rings. The molecule has 0 spiro atoms. The molecule has 75 heavy (non-hydrogen) atoms.